The maximum Gasteiger partial charge on any atom is 0.410 e. The zero-order chi connectivity index (χ0) is 16.5. The molecule has 0 bridgehead atoms. The van der Waals surface area contributed by atoms with Crippen molar-refractivity contribution in [1.82, 2.24) is 5.32 Å². The van der Waals surface area contributed by atoms with E-state index in [1.54, 1.807) is 30.3 Å². The van der Waals surface area contributed by atoms with Crippen LogP contribution in [0.25, 0.3) is 6.08 Å². The zero-order valence-electron chi connectivity index (χ0n) is 11.4. The molecule has 0 heterocycles. The lowest BCUT2D eigenvalue weighted by atomic mass is 9.93. The monoisotopic (exact) mass is 318 g/mol. The van der Waals surface area contributed by atoms with E-state index in [9.17, 15) is 26.5 Å². The molecule has 5 nitrogen and oxygen atoms in total. The first-order valence-corrected chi connectivity index (χ1v) is 7.21. The predicted octanol–water partition coefficient (Wildman–Crippen LogP) is 1.82. The maximum absolute atomic E-state index is 13.2. The van der Waals surface area contributed by atoms with Crippen molar-refractivity contribution in [3.8, 4) is 0 Å². The number of benzene rings is 1. The number of hydrogen-bond acceptors (Lipinski definition) is 4. The van der Waals surface area contributed by atoms with Crippen LogP contribution in [0, 0.1) is 0 Å². The number of alkyl halides is 2. The van der Waals surface area contributed by atoms with Gasteiger partial charge in [0.05, 0.1) is 5.54 Å². The highest BCUT2D eigenvalue weighted by atomic mass is 32.2. The van der Waals surface area contributed by atoms with Crippen molar-refractivity contribution >= 4 is 22.1 Å². The van der Waals surface area contributed by atoms with Crippen LogP contribution in [0.15, 0.2) is 30.8 Å². The summed E-state index contributed by atoms with van der Waals surface area (Å²) in [6.45, 7) is 6.37. The Bertz CT molecular complexity index is 651. The Morgan fingerprint density at radius 3 is 2.14 bits per heavy atom. The maximum atomic E-state index is 13.2. The van der Waals surface area contributed by atoms with Crippen molar-refractivity contribution in [2.75, 3.05) is 0 Å². The second-order valence-electron chi connectivity index (χ2n) is 4.88. The lowest BCUT2D eigenvalue weighted by Crippen LogP contribution is -2.52. The van der Waals surface area contributed by atoms with E-state index in [0.717, 1.165) is 5.56 Å². The van der Waals surface area contributed by atoms with Gasteiger partial charge in [0.2, 0.25) is 0 Å². The normalized spacial score (nSPS) is 12.8. The first-order valence-electron chi connectivity index (χ1n) is 5.80. The molecule has 1 aromatic carbocycles. The van der Waals surface area contributed by atoms with Gasteiger partial charge < -0.3 is 9.87 Å². The first kappa shape index (κ1) is 17.3. The minimum atomic E-state index is -6.08. The van der Waals surface area contributed by atoms with Gasteiger partial charge >= 0.3 is 11.2 Å². The van der Waals surface area contributed by atoms with Gasteiger partial charge in [0.25, 0.3) is 0 Å². The Morgan fingerprint density at radius 2 is 1.76 bits per heavy atom. The fraction of sp³-hybridized carbons (Fsp3) is 0.308. The number of halogens is 2. The average Bonchev–Trinajstić information content (AvgIpc) is 2.37. The summed E-state index contributed by atoms with van der Waals surface area (Å²) in [6.07, 6.45) is 1.58. The van der Waals surface area contributed by atoms with E-state index in [-0.39, 0.29) is 0 Å². The fourth-order valence-electron chi connectivity index (χ4n) is 1.58. The van der Waals surface area contributed by atoms with Crippen molar-refractivity contribution in [2.45, 2.75) is 24.6 Å². The summed E-state index contributed by atoms with van der Waals surface area (Å²) in [5, 5.41) is -3.16. The molecule has 0 saturated carbocycles. The number of amides is 1. The average molecular weight is 318 g/mol. The molecule has 21 heavy (non-hydrogen) atoms. The van der Waals surface area contributed by atoms with E-state index >= 15 is 0 Å². The molecule has 0 aliphatic carbocycles. The number of carbonyl (C=O) groups is 1. The topological polar surface area (TPSA) is 86.3 Å². The molecule has 0 aliphatic rings. The Hall–Kier alpha value is -1.80. The van der Waals surface area contributed by atoms with E-state index < -0.39 is 26.8 Å². The van der Waals surface area contributed by atoms with Crippen LogP contribution in [0.5, 0.6) is 0 Å². The van der Waals surface area contributed by atoms with Crippen molar-refractivity contribution in [3.05, 3.63) is 42.0 Å². The summed E-state index contributed by atoms with van der Waals surface area (Å²) >= 11 is 0. The Labute approximate surface area is 121 Å². The molecule has 1 rings (SSSR count). The summed E-state index contributed by atoms with van der Waals surface area (Å²) in [7, 11) is -6.08. The third-order valence-electron chi connectivity index (χ3n) is 2.87. The van der Waals surface area contributed by atoms with Gasteiger partial charge in [-0.25, -0.2) is 8.42 Å². The van der Waals surface area contributed by atoms with Gasteiger partial charge in [0, 0.05) is 0 Å². The van der Waals surface area contributed by atoms with Crippen LogP contribution >= 0.6 is 0 Å². The van der Waals surface area contributed by atoms with Gasteiger partial charge in [-0.3, -0.25) is 4.79 Å². The van der Waals surface area contributed by atoms with Crippen LogP contribution in [0.1, 0.15) is 25.0 Å². The summed E-state index contributed by atoms with van der Waals surface area (Å²) in [5.74, 6) is -2.16. The van der Waals surface area contributed by atoms with E-state index in [0.29, 0.717) is 5.56 Å². The highest BCUT2D eigenvalue weighted by molar-refractivity contribution is 7.87. The minimum Gasteiger partial charge on any atom is -0.743 e. The SMILES string of the molecule is C=Cc1ccc(C(C)(C)NC(=O)C(F)(F)S(=O)(=O)[O-])cc1. The van der Waals surface area contributed by atoms with Gasteiger partial charge in [-0.05, 0) is 25.0 Å². The molecule has 0 saturated heterocycles. The second-order valence-corrected chi connectivity index (χ2v) is 6.30. The number of rotatable bonds is 5. The predicted molar refractivity (Wildman–Crippen MR) is 72.3 cm³/mol. The van der Waals surface area contributed by atoms with Gasteiger partial charge in [-0.1, -0.05) is 36.9 Å². The molecule has 0 radical (unpaired) electrons. The van der Waals surface area contributed by atoms with E-state index in [1.807, 2.05) is 5.32 Å². The molecule has 0 spiro atoms. The molecule has 1 amide bonds. The minimum absolute atomic E-state index is 0.459. The summed E-state index contributed by atoms with van der Waals surface area (Å²) < 4.78 is 57.6. The van der Waals surface area contributed by atoms with Crippen molar-refractivity contribution in [2.24, 2.45) is 0 Å². The molecule has 0 fully saturated rings. The lowest BCUT2D eigenvalue weighted by molar-refractivity contribution is -0.138. The van der Waals surface area contributed by atoms with Gasteiger partial charge in [-0.15, -0.1) is 0 Å². The fourth-order valence-corrected chi connectivity index (χ4v) is 1.86. The summed E-state index contributed by atoms with van der Waals surface area (Å²) in [6, 6.07) is 6.44. The lowest BCUT2D eigenvalue weighted by Gasteiger charge is -2.29. The van der Waals surface area contributed by atoms with E-state index in [4.69, 9.17) is 0 Å². The van der Waals surface area contributed by atoms with Crippen molar-refractivity contribution in [1.29, 1.82) is 0 Å². The van der Waals surface area contributed by atoms with Crippen molar-refractivity contribution < 1.29 is 26.5 Å². The molecule has 0 unspecified atom stereocenters. The Kier molecular flexibility index (Phi) is 4.54. The smallest absolute Gasteiger partial charge is 0.410 e. The van der Waals surface area contributed by atoms with Gasteiger partial charge in [-0.2, -0.15) is 8.78 Å². The highest BCUT2D eigenvalue weighted by Gasteiger charge is 2.48. The number of hydrogen-bond donors (Lipinski definition) is 1. The number of carbonyl (C=O) groups excluding carboxylic acids is 1. The molecule has 1 aromatic rings. The molecule has 116 valence electrons. The Balaban J connectivity index is 3.04. The zero-order valence-corrected chi connectivity index (χ0v) is 12.2. The molecule has 8 heteroatoms. The van der Waals surface area contributed by atoms with E-state index in [1.165, 1.54) is 13.8 Å². The van der Waals surface area contributed by atoms with Crippen LogP contribution in [-0.4, -0.2) is 24.1 Å². The van der Waals surface area contributed by atoms with Crippen LogP contribution in [0.4, 0.5) is 8.78 Å². The third-order valence-corrected chi connectivity index (χ3v) is 3.69. The number of nitrogens with one attached hydrogen (secondary N) is 1. The van der Waals surface area contributed by atoms with Crippen LogP contribution in [-0.2, 0) is 20.5 Å². The molecular weight excluding hydrogens is 304 g/mol. The van der Waals surface area contributed by atoms with Crippen LogP contribution < -0.4 is 5.32 Å². The quantitative estimate of drug-likeness (QED) is 0.839. The second kappa shape index (κ2) is 5.53. The van der Waals surface area contributed by atoms with Crippen molar-refractivity contribution in [3.63, 3.8) is 0 Å². The largest absolute Gasteiger partial charge is 0.743 e. The van der Waals surface area contributed by atoms with E-state index in [2.05, 4.69) is 6.58 Å². The molecule has 0 aliphatic heterocycles. The Morgan fingerprint density at radius 1 is 1.29 bits per heavy atom. The molecule has 0 aromatic heterocycles. The highest BCUT2D eigenvalue weighted by Crippen LogP contribution is 2.26. The van der Waals surface area contributed by atoms with Crippen LogP contribution in [0.3, 0.4) is 0 Å². The molecular formula is C13H14F2NO4S-. The van der Waals surface area contributed by atoms with Gasteiger partial charge in [0.1, 0.15) is 0 Å². The third kappa shape index (κ3) is 3.64. The molecule has 0 atom stereocenters. The molecule has 1 N–H and O–H groups in total. The first-order chi connectivity index (χ1) is 9.41. The van der Waals surface area contributed by atoms with Gasteiger partial charge in [0.15, 0.2) is 10.1 Å². The van der Waals surface area contributed by atoms with Crippen LogP contribution in [0.2, 0.25) is 0 Å². The standard InChI is InChI=1S/C13H15F2NO4S/c1-4-9-5-7-10(8-6-9)12(2,3)16-11(17)13(14,15)21(18,19)20/h4-8H,1H2,2-3H3,(H,16,17)(H,18,19,20)/p-1. The summed E-state index contributed by atoms with van der Waals surface area (Å²) in [4.78, 5) is 11.4. The summed E-state index contributed by atoms with van der Waals surface area (Å²) in [5.41, 5.74) is -0.0425.